The Labute approximate surface area is 210 Å². The number of hydrogen-bond acceptors (Lipinski definition) is 9. The average molecular weight is 509 g/mol. The first-order valence-electron chi connectivity index (χ1n) is 13.1. The molecule has 0 rings (SSSR count). The van der Waals surface area contributed by atoms with E-state index in [9.17, 15) is 45.6 Å². The highest BCUT2D eigenvalue weighted by molar-refractivity contribution is 5.62. The van der Waals surface area contributed by atoms with Gasteiger partial charge in [0, 0.05) is 30.7 Å². The topological polar surface area (TPSA) is 179 Å². The molecular weight excluding hydrogens is 456 g/mol. The molecule has 0 saturated heterocycles. The number of aldehydes is 1. The van der Waals surface area contributed by atoms with Crippen molar-refractivity contribution < 1.29 is 45.6 Å². The van der Waals surface area contributed by atoms with Crippen molar-refractivity contribution in [2.24, 2.45) is 16.2 Å². The molecule has 0 spiro atoms. The molecule has 9 nitrogen and oxygen atoms in total. The largest absolute Gasteiger partial charge is 0.396 e. The van der Waals surface area contributed by atoms with E-state index in [4.69, 9.17) is 0 Å². The summed E-state index contributed by atoms with van der Waals surface area (Å²) in [5.41, 5.74) is -3.90. The Kier molecular flexibility index (Phi) is 16.7. The molecule has 0 fully saturated rings. The molecule has 7 unspecified atom stereocenters. The van der Waals surface area contributed by atoms with E-state index >= 15 is 0 Å². The van der Waals surface area contributed by atoms with Crippen LogP contribution in [0.5, 0.6) is 0 Å². The molecule has 210 valence electrons. The molecule has 0 amide bonds. The molecule has 0 aliphatic carbocycles. The molecule has 0 saturated carbocycles. The molecule has 0 heterocycles. The molecule has 0 radical (unpaired) electrons. The van der Waals surface area contributed by atoms with Crippen LogP contribution in [0.3, 0.4) is 0 Å². The number of aliphatic hydroxyl groups excluding tert-OH is 8. The smallest absolute Gasteiger partial charge is 0.126 e. The van der Waals surface area contributed by atoms with Gasteiger partial charge >= 0.3 is 0 Å². The highest BCUT2D eigenvalue weighted by atomic mass is 16.3. The first kappa shape index (κ1) is 34.4. The maximum absolute atomic E-state index is 13.2. The van der Waals surface area contributed by atoms with Gasteiger partial charge in [0.05, 0.1) is 31.0 Å². The van der Waals surface area contributed by atoms with Gasteiger partial charge in [-0.15, -0.1) is 0 Å². The summed E-state index contributed by atoms with van der Waals surface area (Å²) >= 11 is 0. The van der Waals surface area contributed by atoms with Gasteiger partial charge in [-0.05, 0) is 83.5 Å². The zero-order chi connectivity index (χ0) is 27.1. The van der Waals surface area contributed by atoms with Crippen molar-refractivity contribution in [1.82, 2.24) is 0 Å². The standard InChI is InChI=1S/C26H52O9/c1-4-22(34)17-26(10-7-14-28,25(12-15-29,16-21(3)33)23(35)18-30)24(19-31,9-5-6-13-27)11-8-20(2)32/h19-23,27-30,32-35H,4-18H2,1-3H3. The summed E-state index contributed by atoms with van der Waals surface area (Å²) in [5, 5.41) is 82.6. The SMILES string of the molecule is CCC(O)CC(CCCO)(C(C=O)(CCCCO)CCC(C)O)C(CCO)(CC(C)O)C(O)CO. The Bertz CT molecular complexity index is 559. The van der Waals surface area contributed by atoms with E-state index in [2.05, 4.69) is 0 Å². The van der Waals surface area contributed by atoms with Gasteiger partial charge in [-0.1, -0.05) is 13.3 Å². The fourth-order valence-electron chi connectivity index (χ4n) is 6.34. The molecule has 0 aliphatic rings. The molecule has 0 aromatic carbocycles. The quantitative estimate of drug-likeness (QED) is 0.0779. The van der Waals surface area contributed by atoms with Gasteiger partial charge < -0.3 is 45.6 Å². The van der Waals surface area contributed by atoms with Gasteiger partial charge in [-0.2, -0.15) is 0 Å². The minimum absolute atomic E-state index is 0.0327. The van der Waals surface area contributed by atoms with Crippen LogP contribution in [0.4, 0.5) is 0 Å². The van der Waals surface area contributed by atoms with E-state index in [1.165, 1.54) is 6.92 Å². The van der Waals surface area contributed by atoms with Crippen molar-refractivity contribution in [3.8, 4) is 0 Å². The zero-order valence-corrected chi connectivity index (χ0v) is 22.0. The van der Waals surface area contributed by atoms with Gasteiger partial charge in [-0.3, -0.25) is 0 Å². The summed E-state index contributed by atoms with van der Waals surface area (Å²) in [6.45, 7) is 3.56. The Hall–Kier alpha value is -0.650. The number of carbonyl (C=O) groups is 1. The van der Waals surface area contributed by atoms with Crippen molar-refractivity contribution >= 4 is 6.29 Å². The van der Waals surface area contributed by atoms with Gasteiger partial charge in [0.25, 0.3) is 0 Å². The number of rotatable bonds is 22. The van der Waals surface area contributed by atoms with Gasteiger partial charge in [0.15, 0.2) is 0 Å². The molecule has 9 heteroatoms. The lowest BCUT2D eigenvalue weighted by molar-refractivity contribution is -0.203. The predicted octanol–water partition coefficient (Wildman–Crippen LogP) is 0.908. The van der Waals surface area contributed by atoms with Crippen LogP contribution < -0.4 is 0 Å². The summed E-state index contributed by atoms with van der Waals surface area (Å²) < 4.78 is 0. The van der Waals surface area contributed by atoms with E-state index in [1.807, 2.05) is 0 Å². The van der Waals surface area contributed by atoms with Crippen molar-refractivity contribution in [2.75, 3.05) is 26.4 Å². The molecule has 0 aromatic heterocycles. The maximum Gasteiger partial charge on any atom is 0.126 e. The van der Waals surface area contributed by atoms with Crippen LogP contribution in [0.2, 0.25) is 0 Å². The second-order valence-electron chi connectivity index (χ2n) is 10.4. The second kappa shape index (κ2) is 17.0. The number of carbonyl (C=O) groups excluding carboxylic acids is 1. The molecule has 35 heavy (non-hydrogen) atoms. The van der Waals surface area contributed by atoms with Crippen molar-refractivity contribution in [3.63, 3.8) is 0 Å². The second-order valence-corrected chi connectivity index (χ2v) is 10.4. The van der Waals surface area contributed by atoms with E-state index in [-0.39, 0.29) is 64.6 Å². The van der Waals surface area contributed by atoms with Crippen LogP contribution in [-0.4, -0.2) is 98.0 Å². The lowest BCUT2D eigenvalue weighted by Crippen LogP contribution is -2.62. The molecule has 8 N–H and O–H groups in total. The van der Waals surface area contributed by atoms with Crippen LogP contribution >= 0.6 is 0 Å². The van der Waals surface area contributed by atoms with E-state index in [0.29, 0.717) is 19.3 Å². The van der Waals surface area contributed by atoms with E-state index in [0.717, 1.165) is 6.29 Å². The number of aliphatic hydroxyl groups is 8. The zero-order valence-electron chi connectivity index (χ0n) is 22.0. The number of unbranched alkanes of at least 4 members (excludes halogenated alkanes) is 1. The molecule has 0 aliphatic heterocycles. The van der Waals surface area contributed by atoms with E-state index in [1.54, 1.807) is 13.8 Å². The summed E-state index contributed by atoms with van der Waals surface area (Å²) in [5.74, 6) is 0. The van der Waals surface area contributed by atoms with Crippen LogP contribution in [0.25, 0.3) is 0 Å². The van der Waals surface area contributed by atoms with Crippen molar-refractivity contribution in [1.29, 1.82) is 0 Å². The Morgan fingerprint density at radius 2 is 1.37 bits per heavy atom. The summed E-state index contributed by atoms with van der Waals surface area (Å²) in [6, 6.07) is 0. The Morgan fingerprint density at radius 3 is 1.80 bits per heavy atom. The summed E-state index contributed by atoms with van der Waals surface area (Å²) in [6.07, 6.45) is -0.924. The maximum atomic E-state index is 13.2. The summed E-state index contributed by atoms with van der Waals surface area (Å²) in [4.78, 5) is 13.2. The third kappa shape index (κ3) is 8.71. The third-order valence-corrected chi connectivity index (χ3v) is 8.02. The Balaban J connectivity index is 7.56. The van der Waals surface area contributed by atoms with Gasteiger partial charge in [0.2, 0.25) is 0 Å². The summed E-state index contributed by atoms with van der Waals surface area (Å²) in [7, 11) is 0. The van der Waals surface area contributed by atoms with Crippen LogP contribution in [-0.2, 0) is 4.79 Å². The Morgan fingerprint density at radius 1 is 0.743 bits per heavy atom. The normalized spacial score (nSPS) is 20.8. The van der Waals surface area contributed by atoms with E-state index < -0.39 is 53.9 Å². The predicted molar refractivity (Wildman–Crippen MR) is 134 cm³/mol. The monoisotopic (exact) mass is 508 g/mol. The average Bonchev–Trinajstić information content (AvgIpc) is 2.82. The fourth-order valence-corrected chi connectivity index (χ4v) is 6.34. The van der Waals surface area contributed by atoms with Gasteiger partial charge in [0.1, 0.15) is 6.29 Å². The molecule has 7 atom stereocenters. The van der Waals surface area contributed by atoms with Crippen molar-refractivity contribution in [2.45, 2.75) is 116 Å². The van der Waals surface area contributed by atoms with Crippen LogP contribution in [0, 0.1) is 16.2 Å². The molecule has 0 bridgehead atoms. The minimum atomic E-state index is -1.43. The van der Waals surface area contributed by atoms with Gasteiger partial charge in [-0.25, -0.2) is 0 Å². The highest BCUT2D eigenvalue weighted by Gasteiger charge is 2.64. The third-order valence-electron chi connectivity index (χ3n) is 8.02. The molecular formula is C26H52O9. The van der Waals surface area contributed by atoms with Crippen LogP contribution in [0.15, 0.2) is 0 Å². The molecule has 0 aromatic rings. The van der Waals surface area contributed by atoms with Crippen LogP contribution in [0.1, 0.15) is 91.4 Å². The lowest BCUT2D eigenvalue weighted by atomic mass is 9.42. The number of hydrogen-bond donors (Lipinski definition) is 8. The lowest BCUT2D eigenvalue weighted by Gasteiger charge is -2.62. The first-order valence-corrected chi connectivity index (χ1v) is 13.1. The highest BCUT2D eigenvalue weighted by Crippen LogP contribution is 2.65. The fraction of sp³-hybridized carbons (Fsp3) is 0.962. The van der Waals surface area contributed by atoms with Crippen molar-refractivity contribution in [3.05, 3.63) is 0 Å². The minimum Gasteiger partial charge on any atom is -0.396 e. The first-order chi connectivity index (χ1) is 16.5.